The molecular weight excluding hydrogens is 264 g/mol. The molecule has 1 atom stereocenters. The van der Waals surface area contributed by atoms with E-state index in [0.717, 1.165) is 5.56 Å². The summed E-state index contributed by atoms with van der Waals surface area (Å²) < 4.78 is 5.05. The van der Waals surface area contributed by atoms with Gasteiger partial charge in [-0.15, -0.1) is 6.58 Å². The number of carbonyl (C=O) groups excluding carboxylic acids is 2. The largest absolute Gasteiger partial charge is 0.457 e. The number of hydrogen-bond acceptors (Lipinski definition) is 3. The summed E-state index contributed by atoms with van der Waals surface area (Å²) in [5.74, 6) is -1.73. The quantitative estimate of drug-likeness (QED) is 0.437. The van der Waals surface area contributed by atoms with Gasteiger partial charge in [0.25, 0.3) is 0 Å². The summed E-state index contributed by atoms with van der Waals surface area (Å²) in [6, 6.07) is 9.67. The van der Waals surface area contributed by atoms with Crippen molar-refractivity contribution >= 4 is 11.8 Å². The van der Waals surface area contributed by atoms with Crippen molar-refractivity contribution in [2.75, 3.05) is 0 Å². The Morgan fingerprint density at radius 3 is 2.29 bits per heavy atom. The normalized spacial score (nSPS) is 12.8. The van der Waals surface area contributed by atoms with Gasteiger partial charge in [0.05, 0.1) is 6.10 Å². The lowest BCUT2D eigenvalue weighted by molar-refractivity contribution is -0.159. The Bertz CT molecular complexity index is 500. The van der Waals surface area contributed by atoms with Gasteiger partial charge in [-0.25, -0.2) is 4.79 Å². The van der Waals surface area contributed by atoms with Crippen molar-refractivity contribution in [1.82, 2.24) is 0 Å². The zero-order valence-electron chi connectivity index (χ0n) is 13.3. The average Bonchev–Trinajstić information content (AvgIpc) is 2.44. The number of Topliss-reactive ketones (excluding diaryl/α,β-unsaturated/α-hetero) is 1. The summed E-state index contributed by atoms with van der Waals surface area (Å²) in [6.45, 7) is 11.1. The topological polar surface area (TPSA) is 43.4 Å². The number of allylic oxidation sites excluding steroid dienone is 1. The van der Waals surface area contributed by atoms with Crippen LogP contribution in [-0.2, 0) is 20.7 Å². The monoisotopic (exact) mass is 288 g/mol. The summed E-state index contributed by atoms with van der Waals surface area (Å²) in [4.78, 5) is 24.4. The molecule has 3 heteroatoms. The lowest BCUT2D eigenvalue weighted by Gasteiger charge is -2.30. The fourth-order valence-electron chi connectivity index (χ4n) is 2.10. The highest BCUT2D eigenvalue weighted by atomic mass is 16.5. The Morgan fingerprint density at radius 2 is 1.81 bits per heavy atom. The molecule has 0 N–H and O–H groups in total. The zero-order chi connectivity index (χ0) is 16.0. The highest BCUT2D eigenvalue weighted by molar-refractivity contribution is 6.34. The van der Waals surface area contributed by atoms with Crippen molar-refractivity contribution in [1.29, 1.82) is 0 Å². The summed E-state index contributed by atoms with van der Waals surface area (Å²) in [7, 11) is 0. The number of benzene rings is 1. The van der Waals surface area contributed by atoms with Gasteiger partial charge in [-0.2, -0.15) is 0 Å². The SMILES string of the molecule is C=CC(C)(C)[C@H](Cc1ccccc1)C(=O)C(=O)OC(C)C. The van der Waals surface area contributed by atoms with Crippen molar-refractivity contribution in [3.8, 4) is 0 Å². The maximum atomic E-state index is 12.5. The van der Waals surface area contributed by atoms with Crippen LogP contribution in [0.15, 0.2) is 43.0 Å². The minimum absolute atomic E-state index is 0.300. The second kappa shape index (κ2) is 7.21. The fraction of sp³-hybridized carbons (Fsp3) is 0.444. The molecule has 0 fully saturated rings. The van der Waals surface area contributed by atoms with E-state index in [1.54, 1.807) is 19.9 Å². The van der Waals surface area contributed by atoms with Crippen molar-refractivity contribution in [2.45, 2.75) is 40.2 Å². The molecule has 3 nitrogen and oxygen atoms in total. The molecule has 0 aliphatic carbocycles. The van der Waals surface area contributed by atoms with Crippen LogP contribution in [0.4, 0.5) is 0 Å². The van der Waals surface area contributed by atoms with Crippen molar-refractivity contribution < 1.29 is 14.3 Å². The zero-order valence-corrected chi connectivity index (χ0v) is 13.3. The van der Waals surface area contributed by atoms with Crippen LogP contribution in [-0.4, -0.2) is 17.9 Å². The molecule has 0 unspecified atom stereocenters. The van der Waals surface area contributed by atoms with Crippen molar-refractivity contribution in [2.24, 2.45) is 11.3 Å². The third-order valence-electron chi connectivity index (χ3n) is 3.57. The predicted octanol–water partition coefficient (Wildman–Crippen LogP) is 3.58. The molecule has 0 amide bonds. The second-order valence-electron chi connectivity index (χ2n) is 6.09. The minimum atomic E-state index is -0.763. The van der Waals surface area contributed by atoms with Crippen LogP contribution in [0.3, 0.4) is 0 Å². The molecule has 0 bridgehead atoms. The predicted molar refractivity (Wildman–Crippen MR) is 83.8 cm³/mol. The van der Waals surface area contributed by atoms with Gasteiger partial charge >= 0.3 is 5.97 Å². The van der Waals surface area contributed by atoms with Crippen LogP contribution >= 0.6 is 0 Å². The first-order valence-electron chi connectivity index (χ1n) is 7.20. The number of ketones is 1. The molecule has 0 spiro atoms. The van der Waals surface area contributed by atoms with Gasteiger partial charge in [0.1, 0.15) is 0 Å². The Morgan fingerprint density at radius 1 is 1.24 bits per heavy atom. The van der Waals surface area contributed by atoms with E-state index in [1.165, 1.54) is 0 Å². The molecule has 0 saturated heterocycles. The van der Waals surface area contributed by atoms with E-state index in [9.17, 15) is 9.59 Å². The van der Waals surface area contributed by atoms with Gasteiger partial charge in [-0.3, -0.25) is 4.79 Å². The number of esters is 1. The first-order valence-corrected chi connectivity index (χ1v) is 7.20. The van der Waals surface area contributed by atoms with Gasteiger partial charge in [-0.1, -0.05) is 50.3 Å². The summed E-state index contributed by atoms with van der Waals surface area (Å²) >= 11 is 0. The Labute approximate surface area is 127 Å². The van der Waals surface area contributed by atoms with Gasteiger partial charge < -0.3 is 4.74 Å². The molecular formula is C18H24O3. The smallest absolute Gasteiger partial charge is 0.375 e. The number of rotatable bonds is 7. The molecule has 21 heavy (non-hydrogen) atoms. The highest BCUT2D eigenvalue weighted by Gasteiger charge is 2.37. The lowest BCUT2D eigenvalue weighted by Crippen LogP contribution is -2.37. The highest BCUT2D eigenvalue weighted by Crippen LogP contribution is 2.32. The molecule has 0 heterocycles. The molecule has 114 valence electrons. The summed E-state index contributed by atoms with van der Waals surface area (Å²) in [5, 5.41) is 0. The van der Waals surface area contributed by atoms with E-state index in [1.807, 2.05) is 44.2 Å². The van der Waals surface area contributed by atoms with Crippen LogP contribution in [0.5, 0.6) is 0 Å². The van der Waals surface area contributed by atoms with Gasteiger partial charge in [0.15, 0.2) is 0 Å². The van der Waals surface area contributed by atoms with Crippen LogP contribution < -0.4 is 0 Å². The van der Waals surface area contributed by atoms with Crippen LogP contribution in [0.25, 0.3) is 0 Å². The Kier molecular flexibility index (Phi) is 5.89. The summed E-state index contributed by atoms with van der Waals surface area (Å²) in [5.41, 5.74) is 0.534. The first kappa shape index (κ1) is 17.2. The van der Waals surface area contributed by atoms with Crippen LogP contribution in [0.1, 0.15) is 33.3 Å². The third kappa shape index (κ3) is 4.85. The second-order valence-corrected chi connectivity index (χ2v) is 6.09. The third-order valence-corrected chi connectivity index (χ3v) is 3.57. The van der Waals surface area contributed by atoms with E-state index in [2.05, 4.69) is 6.58 Å². The molecule has 1 aromatic carbocycles. The fourth-order valence-corrected chi connectivity index (χ4v) is 2.10. The van der Waals surface area contributed by atoms with Crippen LogP contribution in [0, 0.1) is 11.3 Å². The van der Waals surface area contributed by atoms with E-state index in [4.69, 9.17) is 4.74 Å². The van der Waals surface area contributed by atoms with E-state index in [0.29, 0.717) is 6.42 Å². The average molecular weight is 288 g/mol. The van der Waals surface area contributed by atoms with Gasteiger partial charge in [0, 0.05) is 5.92 Å². The van der Waals surface area contributed by atoms with Crippen LogP contribution in [0.2, 0.25) is 0 Å². The minimum Gasteiger partial charge on any atom is -0.457 e. The molecule has 0 aromatic heterocycles. The Balaban J connectivity index is 3.00. The van der Waals surface area contributed by atoms with E-state index >= 15 is 0 Å². The maximum Gasteiger partial charge on any atom is 0.375 e. The van der Waals surface area contributed by atoms with Gasteiger partial charge in [0.2, 0.25) is 5.78 Å². The standard InChI is InChI=1S/C18H24O3/c1-6-18(4,5)15(12-14-10-8-7-9-11-14)16(19)17(20)21-13(2)3/h6-11,13,15H,1,12H2,2-5H3/t15-/m1/s1. The molecule has 0 saturated carbocycles. The molecule has 1 aromatic rings. The molecule has 0 aliphatic rings. The Hall–Kier alpha value is -1.90. The number of hydrogen-bond donors (Lipinski definition) is 0. The number of carbonyl (C=O) groups is 2. The maximum absolute atomic E-state index is 12.5. The van der Waals surface area contributed by atoms with Crippen molar-refractivity contribution in [3.05, 3.63) is 48.6 Å². The molecule has 0 radical (unpaired) electrons. The van der Waals surface area contributed by atoms with Gasteiger partial charge in [-0.05, 0) is 31.2 Å². The van der Waals surface area contributed by atoms with Crippen molar-refractivity contribution in [3.63, 3.8) is 0 Å². The van der Waals surface area contributed by atoms with E-state index in [-0.39, 0.29) is 6.10 Å². The first-order chi connectivity index (χ1) is 9.77. The molecule has 0 aliphatic heterocycles. The lowest BCUT2D eigenvalue weighted by atomic mass is 9.73. The number of ether oxygens (including phenoxy) is 1. The summed E-state index contributed by atoms with van der Waals surface area (Å²) in [6.07, 6.45) is 1.92. The van der Waals surface area contributed by atoms with E-state index < -0.39 is 23.1 Å². The molecule has 1 rings (SSSR count).